The maximum absolute atomic E-state index is 13.4. The van der Waals surface area contributed by atoms with Crippen LogP contribution >= 0.6 is 0 Å². The van der Waals surface area contributed by atoms with Gasteiger partial charge in [0.15, 0.2) is 11.5 Å². The summed E-state index contributed by atoms with van der Waals surface area (Å²) in [6.45, 7) is 0.698. The van der Waals surface area contributed by atoms with E-state index in [9.17, 15) is 14.7 Å². The Hall–Kier alpha value is -2.36. The van der Waals surface area contributed by atoms with Crippen LogP contribution in [0.15, 0.2) is 18.2 Å². The Morgan fingerprint density at radius 3 is 2.75 bits per heavy atom. The first-order chi connectivity index (χ1) is 15.6. The van der Waals surface area contributed by atoms with Crippen LogP contribution in [0.5, 0.6) is 11.5 Å². The van der Waals surface area contributed by atoms with E-state index in [1.165, 1.54) is 6.42 Å². The molecule has 4 atom stereocenters. The highest BCUT2D eigenvalue weighted by molar-refractivity contribution is 5.95. The number of β-amino-alcohol motifs (C(OH)–C–C–N with tert-alkyl or cyclic N) is 1. The molecule has 0 spiro atoms. The predicted molar refractivity (Wildman–Crippen MR) is 113 cm³/mol. The van der Waals surface area contributed by atoms with Crippen molar-refractivity contribution in [2.24, 2.45) is 0 Å². The molecule has 2 saturated heterocycles. The van der Waals surface area contributed by atoms with Gasteiger partial charge in [0, 0.05) is 18.2 Å². The molecule has 3 heterocycles. The molecule has 9 nitrogen and oxygen atoms in total. The number of hydrogen-bond acceptors (Lipinski definition) is 7. The van der Waals surface area contributed by atoms with E-state index in [-0.39, 0.29) is 56.6 Å². The number of ether oxygens (including phenoxy) is 4. The summed E-state index contributed by atoms with van der Waals surface area (Å²) in [4.78, 5) is 27.5. The molecule has 0 unspecified atom stereocenters. The molecular weight excluding hydrogens is 416 g/mol. The zero-order valence-electron chi connectivity index (χ0n) is 18.0. The van der Waals surface area contributed by atoms with Gasteiger partial charge in [-0.1, -0.05) is 0 Å². The van der Waals surface area contributed by atoms with Crippen molar-refractivity contribution in [2.75, 3.05) is 26.6 Å². The zero-order chi connectivity index (χ0) is 22.1. The normalized spacial score (nSPS) is 30.0. The number of nitrogens with zero attached hydrogens (tertiary/aromatic N) is 1. The lowest BCUT2D eigenvalue weighted by Crippen LogP contribution is -2.57. The Bertz CT molecular complexity index is 859. The van der Waals surface area contributed by atoms with Crippen molar-refractivity contribution in [3.8, 4) is 11.5 Å². The lowest BCUT2D eigenvalue weighted by atomic mass is 9.92. The Morgan fingerprint density at radius 2 is 1.94 bits per heavy atom. The Kier molecular flexibility index (Phi) is 6.21. The molecule has 5 rings (SSSR count). The average Bonchev–Trinajstić information content (AvgIpc) is 3.21. The summed E-state index contributed by atoms with van der Waals surface area (Å²) in [5.74, 6) is 0.989. The van der Waals surface area contributed by atoms with Crippen LogP contribution in [0.4, 0.5) is 0 Å². The second kappa shape index (κ2) is 9.25. The van der Waals surface area contributed by atoms with Gasteiger partial charge in [-0.25, -0.2) is 0 Å². The third kappa shape index (κ3) is 4.55. The first-order valence-corrected chi connectivity index (χ1v) is 11.5. The Balaban J connectivity index is 1.28. The van der Waals surface area contributed by atoms with Gasteiger partial charge in [0.05, 0.1) is 37.9 Å². The number of aliphatic hydroxyl groups excluding tert-OH is 1. The minimum absolute atomic E-state index is 0.0219. The molecular formula is C23H30N2O7. The number of aliphatic hydroxyl groups is 1. The van der Waals surface area contributed by atoms with Crippen molar-refractivity contribution in [1.29, 1.82) is 0 Å². The van der Waals surface area contributed by atoms with Crippen LogP contribution in [0.25, 0.3) is 0 Å². The fourth-order valence-electron chi connectivity index (χ4n) is 4.82. The van der Waals surface area contributed by atoms with Crippen molar-refractivity contribution in [2.45, 2.75) is 68.9 Å². The monoisotopic (exact) mass is 446 g/mol. The lowest BCUT2D eigenvalue weighted by molar-refractivity contribution is -0.151. The summed E-state index contributed by atoms with van der Waals surface area (Å²) in [5, 5.41) is 13.4. The summed E-state index contributed by atoms with van der Waals surface area (Å²) < 4.78 is 22.6. The smallest absolute Gasteiger partial charge is 0.254 e. The molecule has 0 bridgehead atoms. The van der Waals surface area contributed by atoms with Gasteiger partial charge in [0.2, 0.25) is 12.7 Å². The van der Waals surface area contributed by atoms with E-state index in [4.69, 9.17) is 18.9 Å². The third-order valence-corrected chi connectivity index (χ3v) is 6.74. The first kappa shape index (κ1) is 21.5. The number of benzene rings is 1. The van der Waals surface area contributed by atoms with Crippen molar-refractivity contribution < 1.29 is 33.6 Å². The molecule has 1 saturated carbocycles. The predicted octanol–water partition coefficient (Wildman–Crippen LogP) is 1.22. The first-order valence-electron chi connectivity index (χ1n) is 11.5. The molecule has 9 heteroatoms. The minimum Gasteiger partial charge on any atom is -0.454 e. The summed E-state index contributed by atoms with van der Waals surface area (Å²) in [5.41, 5.74) is 0.476. The van der Waals surface area contributed by atoms with Gasteiger partial charge < -0.3 is 34.3 Å². The number of carbonyl (C=O) groups is 2. The van der Waals surface area contributed by atoms with Gasteiger partial charge in [-0.2, -0.15) is 0 Å². The molecule has 2 amide bonds. The fourth-order valence-corrected chi connectivity index (χ4v) is 4.82. The third-order valence-electron chi connectivity index (χ3n) is 6.74. The molecule has 1 aromatic carbocycles. The van der Waals surface area contributed by atoms with Crippen molar-refractivity contribution in [3.63, 3.8) is 0 Å². The van der Waals surface area contributed by atoms with E-state index in [1.54, 1.807) is 23.1 Å². The maximum Gasteiger partial charge on any atom is 0.254 e. The fraction of sp³-hybridized carbons (Fsp3) is 0.652. The van der Waals surface area contributed by atoms with Crippen LogP contribution in [0.1, 0.15) is 48.9 Å². The van der Waals surface area contributed by atoms with Gasteiger partial charge in [0.1, 0.15) is 6.10 Å². The van der Waals surface area contributed by atoms with Gasteiger partial charge >= 0.3 is 0 Å². The van der Waals surface area contributed by atoms with Crippen LogP contribution in [0.3, 0.4) is 0 Å². The second-order valence-electron chi connectivity index (χ2n) is 9.06. The molecule has 2 N–H and O–H groups in total. The molecule has 3 fully saturated rings. The van der Waals surface area contributed by atoms with Crippen LogP contribution in [0, 0.1) is 0 Å². The van der Waals surface area contributed by atoms with Crippen LogP contribution in [0.2, 0.25) is 0 Å². The molecule has 1 aromatic rings. The van der Waals surface area contributed by atoms with E-state index >= 15 is 0 Å². The molecule has 4 aliphatic rings. The number of carbonyl (C=O) groups excluding carboxylic acids is 2. The minimum atomic E-state index is -0.778. The quantitative estimate of drug-likeness (QED) is 0.716. The van der Waals surface area contributed by atoms with Crippen LogP contribution in [-0.2, 0) is 14.3 Å². The van der Waals surface area contributed by atoms with E-state index in [0.29, 0.717) is 42.4 Å². The van der Waals surface area contributed by atoms with Gasteiger partial charge in [-0.05, 0) is 50.3 Å². The summed E-state index contributed by atoms with van der Waals surface area (Å²) in [6, 6.07) is 5.18. The van der Waals surface area contributed by atoms with Gasteiger partial charge in [0.25, 0.3) is 5.91 Å². The topological polar surface area (TPSA) is 107 Å². The molecule has 1 aliphatic carbocycles. The lowest BCUT2D eigenvalue weighted by Gasteiger charge is -2.44. The van der Waals surface area contributed by atoms with Crippen LogP contribution < -0.4 is 14.8 Å². The summed E-state index contributed by atoms with van der Waals surface area (Å²) >= 11 is 0. The standard InChI is InChI=1S/C23H30N2O7/c26-16-10-25(23(28)14-4-7-19-20(8-14)31-13-30-19)18-6-5-17(32-21(18)12-29-11-16)9-22(27)24-15-2-1-3-15/h4,7-8,15-18,21,26H,1-3,5-6,9-13H2,(H,24,27)/t16-,17-,18+,21-/m0/s1. The second-order valence-corrected chi connectivity index (χ2v) is 9.06. The van der Waals surface area contributed by atoms with E-state index in [1.807, 2.05) is 0 Å². The molecule has 0 aromatic heterocycles. The number of nitrogens with one attached hydrogen (secondary N) is 1. The number of hydrogen-bond donors (Lipinski definition) is 2. The van der Waals surface area contributed by atoms with Gasteiger partial charge in [-0.3, -0.25) is 9.59 Å². The zero-order valence-corrected chi connectivity index (χ0v) is 18.0. The average molecular weight is 447 g/mol. The maximum atomic E-state index is 13.4. The number of amides is 2. The van der Waals surface area contributed by atoms with E-state index in [0.717, 1.165) is 12.8 Å². The van der Waals surface area contributed by atoms with Crippen LogP contribution in [-0.4, -0.2) is 78.8 Å². The largest absolute Gasteiger partial charge is 0.454 e. The van der Waals surface area contributed by atoms with E-state index < -0.39 is 6.10 Å². The Morgan fingerprint density at radius 1 is 1.09 bits per heavy atom. The Labute approximate surface area is 186 Å². The SMILES string of the molecule is O=C(C[C@@H]1CC[C@@H]2[C@H](COC[C@@H](O)CN2C(=O)c2ccc3c(c2)OCO3)O1)NC1CCC1. The van der Waals surface area contributed by atoms with Crippen molar-refractivity contribution >= 4 is 11.8 Å². The number of rotatable bonds is 4. The van der Waals surface area contributed by atoms with E-state index in [2.05, 4.69) is 5.32 Å². The molecule has 32 heavy (non-hydrogen) atoms. The number of fused-ring (bicyclic) bond motifs is 2. The summed E-state index contributed by atoms with van der Waals surface area (Å²) in [7, 11) is 0. The highest BCUT2D eigenvalue weighted by Gasteiger charge is 2.40. The highest BCUT2D eigenvalue weighted by atomic mass is 16.7. The molecule has 0 radical (unpaired) electrons. The van der Waals surface area contributed by atoms with Gasteiger partial charge in [-0.15, -0.1) is 0 Å². The molecule has 174 valence electrons. The molecule has 3 aliphatic heterocycles. The van der Waals surface area contributed by atoms with Crippen molar-refractivity contribution in [1.82, 2.24) is 10.2 Å². The van der Waals surface area contributed by atoms with Crippen molar-refractivity contribution in [3.05, 3.63) is 23.8 Å². The summed E-state index contributed by atoms with van der Waals surface area (Å²) in [6.07, 6.45) is 3.61. The highest BCUT2D eigenvalue weighted by Crippen LogP contribution is 2.34.